The maximum absolute atomic E-state index is 12.8. The molecule has 1 heterocycles. The molecule has 2 rings (SSSR count). The zero-order chi connectivity index (χ0) is 17.7. The Bertz CT molecular complexity index is 651. The van der Waals surface area contributed by atoms with Gasteiger partial charge in [0.25, 0.3) is 11.7 Å². The van der Waals surface area contributed by atoms with Crippen LogP contribution in [0.4, 0.5) is 4.39 Å². The third kappa shape index (κ3) is 4.47. The molecule has 1 N–H and O–H groups in total. The molecule has 0 unspecified atom stereocenters. The number of benzene rings is 1. The quantitative estimate of drug-likeness (QED) is 0.372. The number of amides is 1. The highest BCUT2D eigenvalue weighted by atomic mass is 19.1. The Hall–Kier alpha value is -2.57. The molecule has 1 aromatic carbocycles. The molecule has 1 aliphatic rings. The van der Waals surface area contributed by atoms with Crippen molar-refractivity contribution in [3.05, 3.63) is 47.2 Å². The summed E-state index contributed by atoms with van der Waals surface area (Å²) in [7, 11) is 1.28. The number of carbonyl (C=O) groups is 2. The van der Waals surface area contributed by atoms with Crippen LogP contribution >= 0.6 is 0 Å². The van der Waals surface area contributed by atoms with Gasteiger partial charge < -0.3 is 19.5 Å². The summed E-state index contributed by atoms with van der Waals surface area (Å²) in [6.45, 7) is 3.49. The molecule has 0 aliphatic carbocycles. The number of esters is 1. The largest absolute Gasteiger partial charge is 0.488 e. The predicted molar refractivity (Wildman–Crippen MR) is 83.0 cm³/mol. The first-order valence-corrected chi connectivity index (χ1v) is 7.55. The lowest BCUT2D eigenvalue weighted by Crippen LogP contribution is -2.29. The molecule has 0 bridgehead atoms. The van der Waals surface area contributed by atoms with Crippen LogP contribution in [-0.2, 0) is 30.2 Å². The molecular formula is C17H20FNO5. The maximum atomic E-state index is 12.8. The Kier molecular flexibility index (Phi) is 5.43. The minimum absolute atomic E-state index is 0.215. The topological polar surface area (TPSA) is 73.9 Å². The summed E-state index contributed by atoms with van der Waals surface area (Å²) in [5.41, 5.74) is 0.973. The number of methoxy groups -OCH3 is 1. The van der Waals surface area contributed by atoms with Crippen molar-refractivity contribution in [2.75, 3.05) is 13.7 Å². The summed E-state index contributed by atoms with van der Waals surface area (Å²) < 4.78 is 28.1. The lowest BCUT2D eigenvalue weighted by molar-refractivity contribution is -0.159. The number of rotatable bonds is 6. The minimum Gasteiger partial charge on any atom is -0.488 e. The van der Waals surface area contributed by atoms with Crippen molar-refractivity contribution in [3.8, 4) is 0 Å². The molecule has 0 aromatic heterocycles. The fourth-order valence-corrected chi connectivity index (χ4v) is 2.23. The van der Waals surface area contributed by atoms with Crippen LogP contribution in [0.5, 0.6) is 0 Å². The van der Waals surface area contributed by atoms with E-state index in [-0.39, 0.29) is 17.3 Å². The van der Waals surface area contributed by atoms with Crippen molar-refractivity contribution in [1.82, 2.24) is 5.32 Å². The molecule has 1 aromatic rings. The third-order valence-electron chi connectivity index (χ3n) is 3.33. The lowest BCUT2D eigenvalue weighted by atomic mass is 10.1. The van der Waals surface area contributed by atoms with Gasteiger partial charge >= 0.3 is 5.97 Å². The van der Waals surface area contributed by atoms with E-state index >= 15 is 0 Å². The van der Waals surface area contributed by atoms with Crippen molar-refractivity contribution >= 4 is 11.9 Å². The Morgan fingerprint density at radius 3 is 2.46 bits per heavy atom. The highest BCUT2D eigenvalue weighted by molar-refractivity contribution is 6.00. The number of hydrogen-bond acceptors (Lipinski definition) is 5. The monoisotopic (exact) mass is 337 g/mol. The standard InChI is InChI=1S/C17H20FNO5/c1-17(2)23-14(16(21)24-17)13(22-3)15(20)19-10-4-5-11-6-8-12(18)9-7-11/h6-9H,4-5,10H2,1-3H3,(H,19,20). The molecule has 0 spiro atoms. The van der Waals surface area contributed by atoms with Crippen LogP contribution in [0.15, 0.2) is 35.8 Å². The molecule has 130 valence electrons. The van der Waals surface area contributed by atoms with Gasteiger partial charge in [-0.3, -0.25) is 4.79 Å². The summed E-state index contributed by atoms with van der Waals surface area (Å²) in [5.74, 6) is -3.15. The summed E-state index contributed by atoms with van der Waals surface area (Å²) in [4.78, 5) is 23.9. The van der Waals surface area contributed by atoms with E-state index in [1.54, 1.807) is 26.0 Å². The van der Waals surface area contributed by atoms with Gasteiger partial charge in [-0.1, -0.05) is 12.1 Å². The Morgan fingerprint density at radius 2 is 1.92 bits per heavy atom. The van der Waals surface area contributed by atoms with E-state index < -0.39 is 17.7 Å². The highest BCUT2D eigenvalue weighted by Crippen LogP contribution is 2.28. The number of nitrogens with one attached hydrogen (secondary N) is 1. The van der Waals surface area contributed by atoms with Crippen LogP contribution in [0.3, 0.4) is 0 Å². The van der Waals surface area contributed by atoms with Crippen LogP contribution in [0.1, 0.15) is 25.8 Å². The van der Waals surface area contributed by atoms with Crippen molar-refractivity contribution in [3.63, 3.8) is 0 Å². The van der Waals surface area contributed by atoms with Gasteiger partial charge in [-0.25, -0.2) is 9.18 Å². The highest BCUT2D eigenvalue weighted by Gasteiger charge is 2.41. The molecule has 0 saturated carbocycles. The van der Waals surface area contributed by atoms with Gasteiger partial charge in [0, 0.05) is 20.4 Å². The zero-order valence-electron chi connectivity index (χ0n) is 13.8. The first-order valence-electron chi connectivity index (χ1n) is 7.55. The Balaban J connectivity index is 1.89. The summed E-state index contributed by atoms with van der Waals surface area (Å²) in [6, 6.07) is 6.19. The first kappa shape index (κ1) is 17.8. The summed E-state index contributed by atoms with van der Waals surface area (Å²) in [6.07, 6.45) is 1.34. The predicted octanol–water partition coefficient (Wildman–Crippen LogP) is 2.04. The number of aryl methyl sites for hydroxylation is 1. The molecule has 0 radical (unpaired) electrons. The van der Waals surface area contributed by atoms with Gasteiger partial charge in [-0.05, 0) is 30.5 Å². The molecule has 6 nitrogen and oxygen atoms in total. The van der Waals surface area contributed by atoms with Crippen molar-refractivity contribution in [1.29, 1.82) is 0 Å². The second-order valence-electron chi connectivity index (χ2n) is 5.74. The molecule has 1 amide bonds. The molecule has 1 saturated heterocycles. The molecule has 1 fully saturated rings. The normalized spacial score (nSPS) is 17.8. The van der Waals surface area contributed by atoms with Crippen molar-refractivity contribution < 1.29 is 28.2 Å². The van der Waals surface area contributed by atoms with Crippen LogP contribution in [0.2, 0.25) is 0 Å². The van der Waals surface area contributed by atoms with Crippen LogP contribution in [0.25, 0.3) is 0 Å². The molecule has 0 atom stereocenters. The Labute approximate surface area is 139 Å². The number of cyclic esters (lactones) is 1. The van der Waals surface area contributed by atoms with E-state index in [0.717, 1.165) is 5.56 Å². The van der Waals surface area contributed by atoms with Gasteiger partial charge in [-0.2, -0.15) is 0 Å². The van der Waals surface area contributed by atoms with E-state index in [0.29, 0.717) is 19.4 Å². The SMILES string of the molecule is COC(C(=O)NCCCc1ccc(F)cc1)=C1OC(C)(C)OC1=O. The van der Waals surface area contributed by atoms with E-state index in [9.17, 15) is 14.0 Å². The average Bonchev–Trinajstić information content (AvgIpc) is 2.79. The van der Waals surface area contributed by atoms with E-state index in [2.05, 4.69) is 5.32 Å². The summed E-state index contributed by atoms with van der Waals surface area (Å²) in [5, 5.41) is 2.66. The minimum atomic E-state index is -1.13. The third-order valence-corrected chi connectivity index (χ3v) is 3.33. The van der Waals surface area contributed by atoms with E-state index in [1.807, 2.05) is 0 Å². The van der Waals surface area contributed by atoms with Gasteiger partial charge in [0.05, 0.1) is 7.11 Å². The fraction of sp³-hybridized carbons (Fsp3) is 0.412. The van der Waals surface area contributed by atoms with Crippen LogP contribution in [-0.4, -0.2) is 31.3 Å². The Morgan fingerprint density at radius 1 is 1.25 bits per heavy atom. The maximum Gasteiger partial charge on any atom is 0.381 e. The van der Waals surface area contributed by atoms with Gasteiger partial charge in [-0.15, -0.1) is 0 Å². The lowest BCUT2D eigenvalue weighted by Gasteiger charge is -2.14. The van der Waals surface area contributed by atoms with Crippen LogP contribution in [0, 0.1) is 5.82 Å². The first-order chi connectivity index (χ1) is 11.3. The molecule has 1 aliphatic heterocycles. The number of hydrogen-bond donors (Lipinski definition) is 1. The second-order valence-corrected chi connectivity index (χ2v) is 5.74. The van der Waals surface area contributed by atoms with Gasteiger partial charge in [0.1, 0.15) is 5.82 Å². The van der Waals surface area contributed by atoms with E-state index in [1.165, 1.54) is 19.2 Å². The van der Waals surface area contributed by atoms with Gasteiger partial charge in [0.15, 0.2) is 0 Å². The smallest absolute Gasteiger partial charge is 0.381 e. The fourth-order valence-electron chi connectivity index (χ4n) is 2.23. The second kappa shape index (κ2) is 7.33. The average molecular weight is 337 g/mol. The molecule has 7 heteroatoms. The number of halogens is 1. The van der Waals surface area contributed by atoms with Crippen LogP contribution < -0.4 is 5.32 Å². The van der Waals surface area contributed by atoms with E-state index in [4.69, 9.17) is 14.2 Å². The number of ether oxygens (including phenoxy) is 3. The number of carbonyl (C=O) groups excluding carboxylic acids is 2. The zero-order valence-corrected chi connectivity index (χ0v) is 13.8. The molecular weight excluding hydrogens is 317 g/mol. The summed E-state index contributed by atoms with van der Waals surface area (Å²) >= 11 is 0. The molecule has 24 heavy (non-hydrogen) atoms. The van der Waals surface area contributed by atoms with Crippen molar-refractivity contribution in [2.24, 2.45) is 0 Å². The van der Waals surface area contributed by atoms with Gasteiger partial charge in [0.2, 0.25) is 11.5 Å². The van der Waals surface area contributed by atoms with Crippen molar-refractivity contribution in [2.45, 2.75) is 32.5 Å².